The highest BCUT2D eigenvalue weighted by Gasteiger charge is 2.37. The summed E-state index contributed by atoms with van der Waals surface area (Å²) in [5.41, 5.74) is 6.03. The highest BCUT2D eigenvalue weighted by Crippen LogP contribution is 2.38. The molecule has 5 N–H and O–H groups in total. The van der Waals surface area contributed by atoms with Crippen molar-refractivity contribution in [2.24, 2.45) is 0 Å². The van der Waals surface area contributed by atoms with Gasteiger partial charge in [-0.1, -0.05) is 29.8 Å². The highest BCUT2D eigenvalue weighted by atomic mass is 35.5. The molecule has 2 aromatic rings. The molecular weight excluding hydrogens is 661 g/mol. The fourth-order valence-electron chi connectivity index (χ4n) is 7.54. The number of nitrogens with one attached hydrogen (secondary N) is 3. The first kappa shape index (κ1) is 35.1. The van der Waals surface area contributed by atoms with Crippen LogP contribution in [0.25, 0.3) is 0 Å². The number of piperazine rings is 1. The summed E-state index contributed by atoms with van der Waals surface area (Å²) in [7, 11) is 0. The number of nitrogens with two attached hydrogens (primary N) is 1. The molecule has 0 bridgehead atoms. The van der Waals surface area contributed by atoms with Crippen LogP contribution in [0.1, 0.15) is 42.4 Å². The van der Waals surface area contributed by atoms with E-state index in [0.29, 0.717) is 51.6 Å². The molecule has 4 aliphatic heterocycles. The van der Waals surface area contributed by atoms with E-state index in [4.69, 9.17) is 17.3 Å². The van der Waals surface area contributed by atoms with Crippen molar-refractivity contribution in [3.63, 3.8) is 0 Å². The van der Waals surface area contributed by atoms with Gasteiger partial charge in [0.2, 0.25) is 5.91 Å². The van der Waals surface area contributed by atoms with Crippen molar-refractivity contribution >= 4 is 40.9 Å². The average molecular weight is 705 g/mol. The maximum Gasteiger partial charge on any atom is 0.418 e. The van der Waals surface area contributed by atoms with Gasteiger partial charge in [-0.3, -0.25) is 9.69 Å². The van der Waals surface area contributed by atoms with Crippen LogP contribution in [0, 0.1) is 0 Å². The minimum atomic E-state index is -4.74. The van der Waals surface area contributed by atoms with Crippen LogP contribution in [0.4, 0.5) is 34.1 Å². The van der Waals surface area contributed by atoms with E-state index in [1.807, 2.05) is 29.2 Å². The quantitative estimate of drug-likeness (QED) is 0.337. The van der Waals surface area contributed by atoms with Crippen LogP contribution in [-0.4, -0.2) is 115 Å². The Morgan fingerprint density at radius 1 is 0.939 bits per heavy atom. The minimum Gasteiger partial charge on any atom is -0.397 e. The fraction of sp³-hybridized carbons (Fsp3) is 0.559. The lowest BCUT2D eigenvalue weighted by atomic mass is 9.98. The van der Waals surface area contributed by atoms with Gasteiger partial charge >= 0.3 is 18.2 Å². The molecular formula is C34H44ClF3N8O3. The van der Waals surface area contributed by atoms with E-state index in [1.165, 1.54) is 6.07 Å². The first-order valence-electron chi connectivity index (χ1n) is 17.1. The zero-order chi connectivity index (χ0) is 34.7. The SMILES string of the molecule is Nc1c(Cl)cc(C[C@@H](NC(=O)N2CCC(N3CCc4ccccc4NC3=O)CC2)C(=O)N2CCC(N3CCNCC3)CC2)cc1C(F)(F)F. The van der Waals surface area contributed by atoms with E-state index in [1.54, 1.807) is 9.80 Å². The Bertz CT molecular complexity index is 1520. The van der Waals surface area contributed by atoms with Crippen molar-refractivity contribution < 1.29 is 27.6 Å². The van der Waals surface area contributed by atoms with Crippen LogP contribution in [-0.2, 0) is 23.8 Å². The van der Waals surface area contributed by atoms with Gasteiger partial charge in [0.25, 0.3) is 0 Å². The number of piperidine rings is 2. The number of rotatable bonds is 6. The molecule has 0 unspecified atom stereocenters. The number of nitrogens with zero attached hydrogens (tertiary/aromatic N) is 4. The molecule has 0 radical (unpaired) electrons. The fourth-order valence-corrected chi connectivity index (χ4v) is 7.78. The van der Waals surface area contributed by atoms with Gasteiger partial charge in [0, 0.05) is 83.1 Å². The predicted molar refractivity (Wildman–Crippen MR) is 181 cm³/mol. The van der Waals surface area contributed by atoms with Crippen molar-refractivity contribution in [1.82, 2.24) is 30.2 Å². The molecule has 49 heavy (non-hydrogen) atoms. The zero-order valence-electron chi connectivity index (χ0n) is 27.4. The van der Waals surface area contributed by atoms with E-state index in [9.17, 15) is 27.6 Å². The Morgan fingerprint density at radius 2 is 1.59 bits per heavy atom. The molecule has 15 heteroatoms. The van der Waals surface area contributed by atoms with Crippen molar-refractivity contribution in [3.05, 3.63) is 58.1 Å². The average Bonchev–Trinajstić information content (AvgIpc) is 3.27. The Morgan fingerprint density at radius 3 is 2.29 bits per heavy atom. The molecule has 1 atom stereocenters. The molecule has 6 rings (SSSR count). The number of para-hydroxylation sites is 1. The monoisotopic (exact) mass is 704 g/mol. The summed E-state index contributed by atoms with van der Waals surface area (Å²) in [5.74, 6) is -0.343. The molecule has 5 amide bonds. The number of carbonyl (C=O) groups is 3. The summed E-state index contributed by atoms with van der Waals surface area (Å²) in [6, 6.07) is 8.48. The van der Waals surface area contributed by atoms with E-state index in [0.717, 1.165) is 62.8 Å². The number of likely N-dealkylation sites (tertiary alicyclic amines) is 2. The van der Waals surface area contributed by atoms with Crippen molar-refractivity contribution in [2.45, 2.75) is 62.8 Å². The number of carbonyl (C=O) groups excluding carboxylic acids is 3. The lowest BCUT2D eigenvalue weighted by molar-refractivity contribution is -0.137. The van der Waals surface area contributed by atoms with Gasteiger partial charge in [0.05, 0.1) is 16.3 Å². The van der Waals surface area contributed by atoms with E-state index < -0.39 is 29.5 Å². The lowest BCUT2D eigenvalue weighted by Gasteiger charge is -2.41. The number of nitrogen functional groups attached to an aromatic ring is 1. The molecule has 0 aliphatic carbocycles. The Balaban J connectivity index is 1.12. The van der Waals surface area contributed by atoms with Crippen LogP contribution < -0.4 is 21.7 Å². The summed E-state index contributed by atoms with van der Waals surface area (Å²) in [5, 5.41) is 8.94. The van der Waals surface area contributed by atoms with Crippen LogP contribution in [0.15, 0.2) is 36.4 Å². The first-order valence-corrected chi connectivity index (χ1v) is 17.5. The molecule has 3 saturated heterocycles. The number of urea groups is 2. The Kier molecular flexibility index (Phi) is 10.8. The minimum absolute atomic E-state index is 0.0644. The number of hydrogen-bond acceptors (Lipinski definition) is 6. The summed E-state index contributed by atoms with van der Waals surface area (Å²) < 4.78 is 41.4. The Hall–Kier alpha value is -3.75. The van der Waals surface area contributed by atoms with Crippen LogP contribution in [0.5, 0.6) is 0 Å². The molecule has 4 heterocycles. The molecule has 3 fully saturated rings. The van der Waals surface area contributed by atoms with Gasteiger partial charge in [0.15, 0.2) is 0 Å². The molecule has 266 valence electrons. The van der Waals surface area contributed by atoms with Crippen LogP contribution in [0.3, 0.4) is 0 Å². The second-order valence-electron chi connectivity index (χ2n) is 13.3. The second kappa shape index (κ2) is 15.0. The van der Waals surface area contributed by atoms with Crippen molar-refractivity contribution in [1.29, 1.82) is 0 Å². The lowest BCUT2D eigenvalue weighted by Crippen LogP contribution is -2.58. The number of benzene rings is 2. The molecule has 0 spiro atoms. The standard InChI is InChI=1S/C34H44ClF3N8O3/c35-27-20-22(19-26(30(27)39)34(36,37)38)21-29(31(47)44-12-6-24(7-13-44)43-17-10-40-11-18-43)42-32(48)45-14-8-25(9-15-45)46-16-5-23-3-1-2-4-28(23)41-33(46)49/h1-4,19-20,24-25,29,40H,5-18,21,39H2,(H,41,49)(H,42,48)/t29-/m1/s1. The number of anilines is 2. The van der Waals surface area contributed by atoms with E-state index >= 15 is 0 Å². The molecule has 4 aliphatic rings. The van der Waals surface area contributed by atoms with E-state index in [2.05, 4.69) is 20.9 Å². The Labute approximate surface area is 289 Å². The van der Waals surface area contributed by atoms with Crippen LogP contribution >= 0.6 is 11.6 Å². The maximum atomic E-state index is 14.0. The van der Waals surface area contributed by atoms with Crippen molar-refractivity contribution in [2.75, 3.05) is 70.0 Å². The number of amides is 5. The molecule has 11 nitrogen and oxygen atoms in total. The third kappa shape index (κ3) is 8.18. The number of halogens is 4. The summed E-state index contributed by atoms with van der Waals surface area (Å²) in [6.45, 7) is 6.00. The summed E-state index contributed by atoms with van der Waals surface area (Å²) >= 11 is 6.12. The van der Waals surface area contributed by atoms with Gasteiger partial charge in [-0.25, -0.2) is 9.59 Å². The van der Waals surface area contributed by atoms with Gasteiger partial charge in [-0.2, -0.15) is 13.2 Å². The molecule has 2 aromatic carbocycles. The number of hydrogen-bond donors (Lipinski definition) is 4. The van der Waals surface area contributed by atoms with E-state index in [-0.39, 0.29) is 35.0 Å². The maximum absolute atomic E-state index is 14.0. The largest absolute Gasteiger partial charge is 0.418 e. The first-order chi connectivity index (χ1) is 23.5. The van der Waals surface area contributed by atoms with Crippen LogP contribution in [0.2, 0.25) is 5.02 Å². The number of alkyl halides is 3. The predicted octanol–water partition coefficient (Wildman–Crippen LogP) is 4.01. The third-order valence-corrected chi connectivity index (χ3v) is 10.6. The summed E-state index contributed by atoms with van der Waals surface area (Å²) in [6.07, 6.45) is -1.54. The van der Waals surface area contributed by atoms with Gasteiger partial charge in [-0.05, 0) is 61.4 Å². The van der Waals surface area contributed by atoms with Gasteiger partial charge < -0.3 is 36.4 Å². The summed E-state index contributed by atoms with van der Waals surface area (Å²) in [4.78, 5) is 48.3. The normalized spacial score (nSPS) is 20.7. The van der Waals surface area contributed by atoms with Gasteiger partial charge in [-0.15, -0.1) is 0 Å². The smallest absolute Gasteiger partial charge is 0.397 e. The molecule has 0 aromatic heterocycles. The highest BCUT2D eigenvalue weighted by molar-refractivity contribution is 6.33. The molecule has 0 saturated carbocycles. The third-order valence-electron chi connectivity index (χ3n) is 10.3. The van der Waals surface area contributed by atoms with Gasteiger partial charge in [0.1, 0.15) is 6.04 Å². The number of fused-ring (bicyclic) bond motifs is 1. The topological polar surface area (TPSA) is 126 Å². The zero-order valence-corrected chi connectivity index (χ0v) is 28.2. The van der Waals surface area contributed by atoms with Crippen molar-refractivity contribution in [3.8, 4) is 0 Å². The second-order valence-corrected chi connectivity index (χ2v) is 13.7.